The van der Waals surface area contributed by atoms with Crippen molar-refractivity contribution >= 4 is 0 Å². The molecule has 1 fully saturated rings. The van der Waals surface area contributed by atoms with Gasteiger partial charge in [0.15, 0.2) is 11.5 Å². The number of ether oxygens (including phenoxy) is 2. The maximum atomic E-state index is 13.1. The number of halogens is 1. The first-order valence-corrected chi connectivity index (χ1v) is 10.4. The van der Waals surface area contributed by atoms with Crippen LogP contribution >= 0.6 is 0 Å². The molecule has 0 aliphatic carbocycles. The van der Waals surface area contributed by atoms with Crippen molar-refractivity contribution < 1.29 is 13.9 Å². The van der Waals surface area contributed by atoms with Gasteiger partial charge >= 0.3 is 0 Å². The molecule has 0 aromatic heterocycles. The molecule has 0 spiro atoms. The second kappa shape index (κ2) is 10.6. The fourth-order valence-electron chi connectivity index (χ4n) is 4.24. The highest BCUT2D eigenvalue weighted by molar-refractivity contribution is 5.42. The third-order valence-corrected chi connectivity index (χ3v) is 5.70. The Hall–Kier alpha value is -2.11. The summed E-state index contributed by atoms with van der Waals surface area (Å²) in [5, 5.41) is 0. The molecule has 5 heteroatoms. The van der Waals surface area contributed by atoms with Crippen LogP contribution in [0.1, 0.15) is 24.0 Å². The van der Waals surface area contributed by atoms with Crippen LogP contribution in [0.2, 0.25) is 0 Å². The molecule has 1 aliphatic heterocycles. The van der Waals surface area contributed by atoms with Gasteiger partial charge in [0.05, 0.1) is 14.2 Å². The number of hydrogen-bond acceptors (Lipinski definition) is 4. The summed E-state index contributed by atoms with van der Waals surface area (Å²) in [5.74, 6) is 2.07. The first kappa shape index (κ1) is 21.6. The van der Waals surface area contributed by atoms with Gasteiger partial charge in [0.2, 0.25) is 0 Å². The molecule has 0 bridgehead atoms. The van der Waals surface area contributed by atoms with Crippen molar-refractivity contribution in [1.29, 1.82) is 0 Å². The second-order valence-electron chi connectivity index (χ2n) is 8.07. The Morgan fingerprint density at radius 3 is 2.48 bits per heavy atom. The molecule has 1 aliphatic rings. The Kier molecular flexibility index (Phi) is 7.90. The molecule has 0 radical (unpaired) electrons. The summed E-state index contributed by atoms with van der Waals surface area (Å²) in [5.41, 5.74) is 2.44. The lowest BCUT2D eigenvalue weighted by Gasteiger charge is -2.34. The summed E-state index contributed by atoms with van der Waals surface area (Å²) in [6.45, 7) is 5.32. The normalized spacial score (nSPS) is 17.5. The SMILES string of the molecule is COc1ccc(CN(C)C[C@H]2CCCN(CCc3ccc(F)cc3)C2)cc1OC. The molecular formula is C24H33FN2O2. The zero-order chi connectivity index (χ0) is 20.6. The second-order valence-corrected chi connectivity index (χ2v) is 8.07. The topological polar surface area (TPSA) is 24.9 Å². The largest absolute Gasteiger partial charge is 0.493 e. The van der Waals surface area contributed by atoms with E-state index in [0.717, 1.165) is 50.6 Å². The zero-order valence-corrected chi connectivity index (χ0v) is 17.9. The van der Waals surface area contributed by atoms with E-state index in [-0.39, 0.29) is 5.82 Å². The van der Waals surface area contributed by atoms with Crippen molar-refractivity contribution in [3.63, 3.8) is 0 Å². The van der Waals surface area contributed by atoms with Gasteiger partial charge < -0.3 is 19.3 Å². The van der Waals surface area contributed by atoms with Gasteiger partial charge in [0, 0.05) is 26.2 Å². The van der Waals surface area contributed by atoms with Crippen LogP contribution in [-0.4, -0.2) is 57.2 Å². The van der Waals surface area contributed by atoms with Crippen molar-refractivity contribution in [3.8, 4) is 11.5 Å². The number of rotatable bonds is 9. The fraction of sp³-hybridized carbons (Fsp3) is 0.500. The number of nitrogens with zero attached hydrogens (tertiary/aromatic N) is 2. The first-order valence-electron chi connectivity index (χ1n) is 10.4. The van der Waals surface area contributed by atoms with E-state index >= 15 is 0 Å². The molecule has 2 aromatic carbocycles. The van der Waals surface area contributed by atoms with Crippen molar-refractivity contribution in [3.05, 3.63) is 59.4 Å². The maximum Gasteiger partial charge on any atom is 0.161 e. The van der Waals surface area contributed by atoms with E-state index in [1.54, 1.807) is 26.4 Å². The van der Waals surface area contributed by atoms with Crippen molar-refractivity contribution in [1.82, 2.24) is 9.80 Å². The molecular weight excluding hydrogens is 367 g/mol. The van der Waals surface area contributed by atoms with E-state index < -0.39 is 0 Å². The van der Waals surface area contributed by atoms with Crippen LogP contribution in [0.4, 0.5) is 4.39 Å². The third kappa shape index (κ3) is 6.44. The van der Waals surface area contributed by atoms with E-state index in [2.05, 4.69) is 29.0 Å². The average molecular weight is 401 g/mol. The maximum absolute atomic E-state index is 13.1. The van der Waals surface area contributed by atoms with Gasteiger partial charge in [-0.2, -0.15) is 0 Å². The standard InChI is InChI=1S/C24H33FN2O2/c1-26(16-20-8-11-23(28-2)24(15-20)29-3)17-21-5-4-13-27(18-21)14-12-19-6-9-22(25)10-7-19/h6-11,15,21H,4-5,12-14,16-18H2,1-3H3/t21-/m1/s1. The van der Waals surface area contributed by atoms with Crippen molar-refractivity contribution in [2.24, 2.45) is 5.92 Å². The van der Waals surface area contributed by atoms with Gasteiger partial charge in [-0.05, 0) is 74.2 Å². The summed E-state index contributed by atoms with van der Waals surface area (Å²) >= 11 is 0. The van der Waals surface area contributed by atoms with Crippen LogP contribution in [0.3, 0.4) is 0 Å². The Morgan fingerprint density at radius 1 is 1.03 bits per heavy atom. The molecule has 158 valence electrons. The molecule has 1 heterocycles. The van der Waals surface area contributed by atoms with Gasteiger partial charge in [-0.25, -0.2) is 4.39 Å². The molecule has 1 atom stereocenters. The van der Waals surface area contributed by atoms with Crippen LogP contribution in [0.5, 0.6) is 11.5 Å². The summed E-state index contributed by atoms with van der Waals surface area (Å²) in [4.78, 5) is 4.96. The zero-order valence-electron chi connectivity index (χ0n) is 17.9. The number of methoxy groups -OCH3 is 2. The van der Waals surface area contributed by atoms with E-state index in [9.17, 15) is 4.39 Å². The number of hydrogen-bond donors (Lipinski definition) is 0. The Bertz CT molecular complexity index is 766. The molecule has 2 aromatic rings. The molecule has 29 heavy (non-hydrogen) atoms. The summed E-state index contributed by atoms with van der Waals surface area (Å²) in [6.07, 6.45) is 3.51. The van der Waals surface area contributed by atoms with Crippen LogP contribution in [0.15, 0.2) is 42.5 Å². The van der Waals surface area contributed by atoms with Crippen molar-refractivity contribution in [2.75, 3.05) is 47.4 Å². The molecule has 0 N–H and O–H groups in total. The van der Waals surface area contributed by atoms with Crippen molar-refractivity contribution in [2.45, 2.75) is 25.8 Å². The highest BCUT2D eigenvalue weighted by atomic mass is 19.1. The van der Waals surface area contributed by atoms with E-state index in [0.29, 0.717) is 5.92 Å². The lowest BCUT2D eigenvalue weighted by Crippen LogP contribution is -2.40. The highest BCUT2D eigenvalue weighted by Gasteiger charge is 2.21. The van der Waals surface area contributed by atoms with Gasteiger partial charge in [-0.1, -0.05) is 18.2 Å². The number of piperidine rings is 1. The number of likely N-dealkylation sites (tertiary alicyclic amines) is 1. The van der Waals surface area contributed by atoms with E-state index in [4.69, 9.17) is 9.47 Å². The molecule has 3 rings (SSSR count). The van der Waals surface area contributed by atoms with E-state index in [1.807, 2.05) is 18.2 Å². The minimum atomic E-state index is -0.163. The molecule has 0 unspecified atom stereocenters. The Labute approximate surface area is 174 Å². The summed E-state index contributed by atoms with van der Waals surface area (Å²) in [7, 11) is 5.52. The number of benzene rings is 2. The summed E-state index contributed by atoms with van der Waals surface area (Å²) < 4.78 is 23.8. The van der Waals surface area contributed by atoms with Gasteiger partial charge in [0.1, 0.15) is 5.82 Å². The van der Waals surface area contributed by atoms with Gasteiger partial charge in [-0.15, -0.1) is 0 Å². The molecule has 0 saturated carbocycles. The highest BCUT2D eigenvalue weighted by Crippen LogP contribution is 2.28. The fourth-order valence-corrected chi connectivity index (χ4v) is 4.24. The van der Waals surface area contributed by atoms with Gasteiger partial charge in [-0.3, -0.25) is 0 Å². The molecule has 4 nitrogen and oxygen atoms in total. The predicted molar refractivity (Wildman–Crippen MR) is 115 cm³/mol. The summed E-state index contributed by atoms with van der Waals surface area (Å²) in [6, 6.07) is 13.0. The molecule has 0 amide bonds. The predicted octanol–water partition coefficient (Wildman–Crippen LogP) is 4.23. The van der Waals surface area contributed by atoms with Gasteiger partial charge in [0.25, 0.3) is 0 Å². The van der Waals surface area contributed by atoms with Crippen LogP contribution in [0.25, 0.3) is 0 Å². The third-order valence-electron chi connectivity index (χ3n) is 5.70. The van der Waals surface area contributed by atoms with Crippen LogP contribution < -0.4 is 9.47 Å². The van der Waals surface area contributed by atoms with Crippen LogP contribution in [0, 0.1) is 11.7 Å². The minimum Gasteiger partial charge on any atom is -0.493 e. The smallest absolute Gasteiger partial charge is 0.161 e. The Morgan fingerprint density at radius 2 is 1.76 bits per heavy atom. The average Bonchev–Trinajstić information content (AvgIpc) is 2.73. The quantitative estimate of drug-likeness (QED) is 0.629. The lowest BCUT2D eigenvalue weighted by molar-refractivity contribution is 0.142. The molecule has 1 saturated heterocycles. The first-order chi connectivity index (χ1) is 14.1. The van der Waals surface area contributed by atoms with E-state index in [1.165, 1.54) is 24.0 Å². The minimum absolute atomic E-state index is 0.163. The Balaban J connectivity index is 1.47. The van der Waals surface area contributed by atoms with Crippen LogP contribution in [-0.2, 0) is 13.0 Å². The monoisotopic (exact) mass is 400 g/mol. The lowest BCUT2D eigenvalue weighted by atomic mass is 9.97.